The van der Waals surface area contributed by atoms with Crippen molar-refractivity contribution in [1.29, 1.82) is 0 Å². The number of alkyl halides is 2. The summed E-state index contributed by atoms with van der Waals surface area (Å²) in [6.07, 6.45) is -0.0665. The van der Waals surface area contributed by atoms with Crippen molar-refractivity contribution in [1.82, 2.24) is 4.98 Å². The maximum atomic E-state index is 12.9. The van der Waals surface area contributed by atoms with Gasteiger partial charge in [-0.1, -0.05) is 6.07 Å². The Morgan fingerprint density at radius 2 is 2.00 bits per heavy atom. The fourth-order valence-corrected chi connectivity index (χ4v) is 0.966. The van der Waals surface area contributed by atoms with Gasteiger partial charge in [0.05, 0.1) is 6.10 Å². The largest absolute Gasteiger partial charge is 0.475 e. The molecule has 0 aliphatic heterocycles. The average Bonchev–Trinajstić information content (AvgIpc) is 2.01. The fraction of sp³-hybridized carbons (Fsp3) is 0.500. The van der Waals surface area contributed by atoms with Gasteiger partial charge in [0.1, 0.15) is 5.69 Å². The van der Waals surface area contributed by atoms with E-state index < -0.39 is 5.92 Å². The van der Waals surface area contributed by atoms with Crippen LogP contribution in [0, 0.1) is 0 Å². The molecule has 0 atom stereocenters. The van der Waals surface area contributed by atoms with Crippen molar-refractivity contribution in [2.75, 3.05) is 0 Å². The standard InChI is InChI=1S/C10H13F2NO/c1-7(2)14-9-6-4-5-8(13-9)10(3,11)12/h4-7H,1-3H3. The van der Waals surface area contributed by atoms with E-state index in [4.69, 9.17) is 4.74 Å². The number of aromatic nitrogens is 1. The van der Waals surface area contributed by atoms with Crippen molar-refractivity contribution in [2.24, 2.45) is 0 Å². The molecule has 0 unspecified atom stereocenters. The zero-order valence-corrected chi connectivity index (χ0v) is 8.42. The Morgan fingerprint density at radius 3 is 2.50 bits per heavy atom. The molecule has 1 rings (SSSR count). The lowest BCUT2D eigenvalue weighted by atomic mass is 10.2. The van der Waals surface area contributed by atoms with Crippen LogP contribution in [-0.4, -0.2) is 11.1 Å². The van der Waals surface area contributed by atoms with E-state index in [1.54, 1.807) is 6.07 Å². The van der Waals surface area contributed by atoms with Crippen molar-refractivity contribution >= 4 is 0 Å². The van der Waals surface area contributed by atoms with E-state index in [0.717, 1.165) is 6.92 Å². The van der Waals surface area contributed by atoms with Gasteiger partial charge in [0.15, 0.2) is 0 Å². The zero-order chi connectivity index (χ0) is 10.8. The lowest BCUT2D eigenvalue weighted by Gasteiger charge is -2.12. The quantitative estimate of drug-likeness (QED) is 0.750. The molecule has 0 aliphatic rings. The first-order valence-electron chi connectivity index (χ1n) is 4.41. The molecule has 1 aromatic heterocycles. The number of rotatable bonds is 3. The highest BCUT2D eigenvalue weighted by molar-refractivity contribution is 5.18. The third kappa shape index (κ3) is 2.94. The van der Waals surface area contributed by atoms with E-state index in [1.807, 2.05) is 13.8 Å². The van der Waals surface area contributed by atoms with Crippen LogP contribution in [0.15, 0.2) is 18.2 Å². The van der Waals surface area contributed by atoms with Crippen molar-refractivity contribution in [2.45, 2.75) is 32.8 Å². The molecule has 0 aliphatic carbocycles. The Hall–Kier alpha value is -1.19. The fourth-order valence-electron chi connectivity index (χ4n) is 0.966. The molecule has 0 N–H and O–H groups in total. The summed E-state index contributed by atoms with van der Waals surface area (Å²) in [5.74, 6) is -2.69. The van der Waals surface area contributed by atoms with E-state index in [-0.39, 0.29) is 17.7 Å². The van der Waals surface area contributed by atoms with Gasteiger partial charge in [0.2, 0.25) is 5.88 Å². The third-order valence-corrected chi connectivity index (χ3v) is 1.53. The van der Waals surface area contributed by atoms with Crippen LogP contribution in [-0.2, 0) is 5.92 Å². The lowest BCUT2D eigenvalue weighted by molar-refractivity contribution is 0.0119. The molecule has 0 fully saturated rings. The first kappa shape index (κ1) is 10.9. The van der Waals surface area contributed by atoms with Crippen LogP contribution in [0.5, 0.6) is 5.88 Å². The molecule has 0 bridgehead atoms. The number of nitrogens with zero attached hydrogens (tertiary/aromatic N) is 1. The molecule has 78 valence electrons. The highest BCUT2D eigenvalue weighted by Crippen LogP contribution is 2.26. The molecule has 0 amide bonds. The molecule has 4 heteroatoms. The van der Waals surface area contributed by atoms with Crippen LogP contribution >= 0.6 is 0 Å². The predicted molar refractivity (Wildman–Crippen MR) is 49.6 cm³/mol. The summed E-state index contributed by atoms with van der Waals surface area (Å²) in [6, 6.07) is 4.36. The first-order chi connectivity index (χ1) is 6.39. The maximum Gasteiger partial charge on any atom is 0.287 e. The smallest absolute Gasteiger partial charge is 0.287 e. The summed E-state index contributed by atoms with van der Waals surface area (Å²) in [5, 5.41) is 0. The van der Waals surface area contributed by atoms with Crippen molar-refractivity contribution in [3.63, 3.8) is 0 Å². The Morgan fingerprint density at radius 1 is 1.36 bits per heavy atom. The van der Waals surface area contributed by atoms with Crippen LogP contribution in [0.1, 0.15) is 26.5 Å². The van der Waals surface area contributed by atoms with E-state index in [0.29, 0.717) is 0 Å². The van der Waals surface area contributed by atoms with E-state index >= 15 is 0 Å². The lowest BCUT2D eigenvalue weighted by Crippen LogP contribution is -2.12. The van der Waals surface area contributed by atoms with Crippen LogP contribution in [0.2, 0.25) is 0 Å². The molecule has 0 radical (unpaired) electrons. The Bertz CT molecular complexity index is 307. The summed E-state index contributed by atoms with van der Waals surface area (Å²) in [6.45, 7) is 4.45. The molecule has 0 saturated carbocycles. The van der Waals surface area contributed by atoms with Crippen LogP contribution in [0.25, 0.3) is 0 Å². The van der Waals surface area contributed by atoms with Crippen molar-refractivity contribution < 1.29 is 13.5 Å². The van der Waals surface area contributed by atoms with Crippen LogP contribution < -0.4 is 4.74 Å². The molecular formula is C10H13F2NO. The molecule has 0 saturated heterocycles. The highest BCUT2D eigenvalue weighted by atomic mass is 19.3. The zero-order valence-electron chi connectivity index (χ0n) is 8.42. The van der Waals surface area contributed by atoms with Crippen LogP contribution in [0.4, 0.5) is 8.78 Å². The minimum atomic E-state index is -2.92. The summed E-state index contributed by atoms with van der Waals surface area (Å²) in [7, 11) is 0. The number of hydrogen-bond donors (Lipinski definition) is 0. The number of halogens is 2. The Balaban J connectivity index is 2.90. The molecule has 2 nitrogen and oxygen atoms in total. The minimum absolute atomic E-state index is 0.0665. The molecular weight excluding hydrogens is 188 g/mol. The van der Waals surface area contributed by atoms with Gasteiger partial charge in [-0.3, -0.25) is 0 Å². The van der Waals surface area contributed by atoms with Gasteiger partial charge in [0.25, 0.3) is 5.92 Å². The van der Waals surface area contributed by atoms with E-state index in [9.17, 15) is 8.78 Å². The van der Waals surface area contributed by atoms with Gasteiger partial charge < -0.3 is 4.74 Å². The SMILES string of the molecule is CC(C)Oc1cccc(C(C)(F)F)n1. The number of hydrogen-bond acceptors (Lipinski definition) is 2. The third-order valence-electron chi connectivity index (χ3n) is 1.53. The molecule has 1 aromatic rings. The van der Waals surface area contributed by atoms with E-state index in [2.05, 4.69) is 4.98 Å². The summed E-state index contributed by atoms with van der Waals surface area (Å²) in [5.41, 5.74) is -0.268. The van der Waals surface area contributed by atoms with Gasteiger partial charge in [-0.25, -0.2) is 4.98 Å². The monoisotopic (exact) mass is 201 g/mol. The molecule has 1 heterocycles. The Kier molecular flexibility index (Phi) is 3.03. The second-order valence-electron chi connectivity index (χ2n) is 3.42. The molecule has 0 spiro atoms. The van der Waals surface area contributed by atoms with Gasteiger partial charge in [-0.2, -0.15) is 8.78 Å². The number of pyridine rings is 1. The van der Waals surface area contributed by atoms with Crippen molar-refractivity contribution in [3.05, 3.63) is 23.9 Å². The average molecular weight is 201 g/mol. The summed E-state index contributed by atoms with van der Waals surface area (Å²) >= 11 is 0. The second kappa shape index (κ2) is 3.90. The van der Waals surface area contributed by atoms with Gasteiger partial charge >= 0.3 is 0 Å². The topological polar surface area (TPSA) is 22.1 Å². The van der Waals surface area contributed by atoms with Gasteiger partial charge in [-0.15, -0.1) is 0 Å². The number of ether oxygens (including phenoxy) is 1. The second-order valence-corrected chi connectivity index (χ2v) is 3.42. The Labute approximate surface area is 81.9 Å². The predicted octanol–water partition coefficient (Wildman–Crippen LogP) is 2.98. The van der Waals surface area contributed by atoms with Crippen LogP contribution in [0.3, 0.4) is 0 Å². The van der Waals surface area contributed by atoms with Crippen molar-refractivity contribution in [3.8, 4) is 5.88 Å². The van der Waals surface area contributed by atoms with E-state index in [1.165, 1.54) is 12.1 Å². The highest BCUT2D eigenvalue weighted by Gasteiger charge is 2.26. The summed E-state index contributed by atoms with van der Waals surface area (Å²) in [4.78, 5) is 3.71. The van der Waals surface area contributed by atoms with Gasteiger partial charge in [-0.05, 0) is 19.9 Å². The van der Waals surface area contributed by atoms with Gasteiger partial charge in [0, 0.05) is 13.0 Å². The molecule has 0 aromatic carbocycles. The molecule has 14 heavy (non-hydrogen) atoms. The maximum absolute atomic E-state index is 12.9. The first-order valence-corrected chi connectivity index (χ1v) is 4.41. The normalized spacial score (nSPS) is 11.9. The minimum Gasteiger partial charge on any atom is -0.475 e. The summed E-state index contributed by atoms with van der Waals surface area (Å²) < 4.78 is 30.9.